The molecule has 0 aromatic heterocycles. The summed E-state index contributed by atoms with van der Waals surface area (Å²) in [4.78, 5) is 42.1. The minimum absolute atomic E-state index is 0.198. The molecule has 1 aliphatic rings. The molecule has 138 valence electrons. The van der Waals surface area contributed by atoms with E-state index in [9.17, 15) is 24.6 Å². The third-order valence-corrected chi connectivity index (χ3v) is 4.30. The molecule has 0 bridgehead atoms. The average molecular weight is 375 g/mol. The summed E-state index contributed by atoms with van der Waals surface area (Å²) in [5, 5.41) is 21.0. The van der Waals surface area contributed by atoms with E-state index < -0.39 is 23.5 Å². The number of hydrogen-bond acceptors (Lipinski definition) is 6. The molecule has 7 nitrogen and oxygen atoms in total. The molecule has 2 amide bonds. The summed E-state index contributed by atoms with van der Waals surface area (Å²) in [7, 11) is 0. The van der Waals surface area contributed by atoms with Gasteiger partial charge in [0.2, 0.25) is 0 Å². The number of hydroxylamine groups is 2. The van der Waals surface area contributed by atoms with Crippen molar-refractivity contribution < 1.29 is 29.4 Å². The molecule has 2 N–H and O–H groups in total. The van der Waals surface area contributed by atoms with E-state index in [2.05, 4.69) is 0 Å². The summed E-state index contributed by atoms with van der Waals surface area (Å²) >= 11 is 0. The minimum Gasteiger partial charge on any atom is -0.504 e. The van der Waals surface area contributed by atoms with Crippen molar-refractivity contribution in [3.63, 3.8) is 0 Å². The molecule has 1 heterocycles. The van der Waals surface area contributed by atoms with E-state index in [1.54, 1.807) is 18.2 Å². The topological polar surface area (TPSA) is 104 Å². The number of carbonyl (C=O) groups excluding carboxylic acids is 3. The second-order valence-corrected chi connectivity index (χ2v) is 6.15. The fourth-order valence-corrected chi connectivity index (χ4v) is 2.86. The largest absolute Gasteiger partial charge is 0.504 e. The number of amides is 2. The quantitative estimate of drug-likeness (QED) is 0.309. The van der Waals surface area contributed by atoms with Crippen LogP contribution >= 0.6 is 0 Å². The van der Waals surface area contributed by atoms with Gasteiger partial charge in [-0.25, -0.2) is 4.79 Å². The summed E-state index contributed by atoms with van der Waals surface area (Å²) in [5.41, 5.74) is 0.123. The van der Waals surface area contributed by atoms with Crippen molar-refractivity contribution in [3.8, 4) is 11.5 Å². The number of fused-ring (bicyclic) bond motifs is 1. The second-order valence-electron chi connectivity index (χ2n) is 6.15. The van der Waals surface area contributed by atoms with Crippen LogP contribution in [0.25, 0.3) is 16.8 Å². The fourth-order valence-electron chi connectivity index (χ4n) is 2.86. The predicted molar refractivity (Wildman–Crippen MR) is 99.0 cm³/mol. The number of rotatable bonds is 2. The molecular weight excluding hydrogens is 362 g/mol. The van der Waals surface area contributed by atoms with Crippen molar-refractivity contribution in [2.75, 3.05) is 0 Å². The van der Waals surface area contributed by atoms with Crippen LogP contribution in [0.4, 0.5) is 0 Å². The Bertz CT molecular complexity index is 1180. The van der Waals surface area contributed by atoms with Crippen LogP contribution in [0.1, 0.15) is 15.9 Å². The van der Waals surface area contributed by atoms with Gasteiger partial charge in [0.25, 0.3) is 5.91 Å². The molecule has 1 aliphatic heterocycles. The molecule has 0 radical (unpaired) electrons. The molecule has 0 atom stereocenters. The molecule has 0 unspecified atom stereocenters. The minimum atomic E-state index is -0.980. The van der Waals surface area contributed by atoms with Crippen LogP contribution in [-0.4, -0.2) is 33.1 Å². The first-order chi connectivity index (χ1) is 13.4. The van der Waals surface area contributed by atoms with Gasteiger partial charge < -0.3 is 15.1 Å². The number of hydrogen-bond donors (Lipinski definition) is 2. The smallest absolute Gasteiger partial charge is 0.369 e. The number of aromatic hydroxyl groups is 2. The van der Waals surface area contributed by atoms with Crippen molar-refractivity contribution in [1.82, 2.24) is 5.06 Å². The highest BCUT2D eigenvalue weighted by Gasteiger charge is 2.41. The van der Waals surface area contributed by atoms with Crippen molar-refractivity contribution >= 4 is 34.6 Å². The Labute approximate surface area is 158 Å². The number of carbonyl (C=O) groups is 3. The average Bonchev–Trinajstić information content (AvgIpc) is 2.98. The highest BCUT2D eigenvalue weighted by atomic mass is 16.7. The van der Waals surface area contributed by atoms with Crippen LogP contribution < -0.4 is 0 Å². The van der Waals surface area contributed by atoms with Gasteiger partial charge in [0, 0.05) is 5.56 Å². The number of phenolic OH excluding ortho intramolecular Hbond substituents is 2. The molecule has 0 spiro atoms. The third-order valence-electron chi connectivity index (χ3n) is 4.30. The molecule has 3 aromatic carbocycles. The van der Waals surface area contributed by atoms with Crippen molar-refractivity contribution in [2.45, 2.75) is 0 Å². The third kappa shape index (κ3) is 2.95. The highest BCUT2D eigenvalue weighted by Crippen LogP contribution is 2.28. The van der Waals surface area contributed by atoms with Gasteiger partial charge in [-0.2, -0.15) is 0 Å². The zero-order chi connectivity index (χ0) is 19.8. The van der Waals surface area contributed by atoms with Gasteiger partial charge in [-0.05, 0) is 46.7 Å². The Morgan fingerprint density at radius 2 is 1.64 bits per heavy atom. The fraction of sp³-hybridized carbons (Fsp3) is 0. The Morgan fingerprint density at radius 3 is 2.39 bits per heavy atom. The van der Waals surface area contributed by atoms with Gasteiger partial charge in [-0.15, -0.1) is 0 Å². The molecule has 4 rings (SSSR count). The van der Waals surface area contributed by atoms with Crippen molar-refractivity contribution in [3.05, 3.63) is 77.4 Å². The Hall–Kier alpha value is -4.13. The van der Waals surface area contributed by atoms with E-state index >= 15 is 0 Å². The van der Waals surface area contributed by atoms with E-state index in [1.807, 2.05) is 24.3 Å². The van der Waals surface area contributed by atoms with Crippen LogP contribution in [-0.2, 0) is 14.4 Å². The van der Waals surface area contributed by atoms with Gasteiger partial charge in [-0.1, -0.05) is 41.5 Å². The zero-order valence-electron chi connectivity index (χ0n) is 14.3. The van der Waals surface area contributed by atoms with Crippen molar-refractivity contribution in [2.24, 2.45) is 0 Å². The predicted octanol–water partition coefficient (Wildman–Crippen LogP) is 2.78. The lowest BCUT2D eigenvalue weighted by Crippen LogP contribution is -2.31. The van der Waals surface area contributed by atoms with Gasteiger partial charge in [-0.3, -0.25) is 9.59 Å². The van der Waals surface area contributed by atoms with Crippen LogP contribution in [0, 0.1) is 0 Å². The normalized spacial score (nSPS) is 15.3. The molecule has 0 saturated carbocycles. The number of imide groups is 1. The molecular formula is C21H13NO6. The van der Waals surface area contributed by atoms with E-state index in [0.29, 0.717) is 5.06 Å². The lowest BCUT2D eigenvalue weighted by molar-refractivity contribution is -0.167. The zero-order valence-corrected chi connectivity index (χ0v) is 14.3. The number of nitrogens with zero attached hydrogens (tertiary/aromatic N) is 1. The van der Waals surface area contributed by atoms with Gasteiger partial charge >= 0.3 is 11.9 Å². The maximum atomic E-state index is 12.7. The molecule has 0 aliphatic carbocycles. The molecule has 3 aromatic rings. The first-order valence-corrected chi connectivity index (χ1v) is 8.27. The van der Waals surface area contributed by atoms with E-state index in [1.165, 1.54) is 24.3 Å². The Morgan fingerprint density at radius 1 is 0.893 bits per heavy atom. The summed E-state index contributed by atoms with van der Waals surface area (Å²) in [5.74, 6) is -3.39. The number of benzene rings is 3. The monoisotopic (exact) mass is 375 g/mol. The molecule has 7 heteroatoms. The van der Waals surface area contributed by atoms with E-state index in [-0.39, 0.29) is 22.4 Å². The van der Waals surface area contributed by atoms with Crippen LogP contribution in [0.15, 0.2) is 66.2 Å². The molecule has 1 saturated heterocycles. The van der Waals surface area contributed by atoms with Crippen LogP contribution in [0.3, 0.4) is 0 Å². The molecule has 1 fully saturated rings. The molecule has 28 heavy (non-hydrogen) atoms. The van der Waals surface area contributed by atoms with Crippen molar-refractivity contribution in [1.29, 1.82) is 0 Å². The highest BCUT2D eigenvalue weighted by molar-refractivity contribution is 6.27. The first-order valence-electron chi connectivity index (χ1n) is 8.27. The number of phenols is 2. The van der Waals surface area contributed by atoms with Gasteiger partial charge in [0.15, 0.2) is 11.5 Å². The summed E-state index contributed by atoms with van der Waals surface area (Å²) in [6.45, 7) is 0. The summed E-state index contributed by atoms with van der Waals surface area (Å²) in [6.07, 6.45) is 1.18. The SMILES string of the molecule is O=C1ON(C(=O)c2ccc3ccccc3c2)C(=O)/C1=C\c1ccc(O)c(O)c1. The first kappa shape index (κ1) is 17.3. The summed E-state index contributed by atoms with van der Waals surface area (Å²) in [6, 6.07) is 16.1. The van der Waals surface area contributed by atoms with Crippen LogP contribution in [0.5, 0.6) is 11.5 Å². The van der Waals surface area contributed by atoms with Crippen LogP contribution in [0.2, 0.25) is 0 Å². The Balaban J connectivity index is 1.64. The second kappa shape index (κ2) is 6.55. The summed E-state index contributed by atoms with van der Waals surface area (Å²) < 4.78 is 0. The van der Waals surface area contributed by atoms with Gasteiger partial charge in [0.1, 0.15) is 5.57 Å². The lowest BCUT2D eigenvalue weighted by atomic mass is 10.1. The van der Waals surface area contributed by atoms with Gasteiger partial charge in [0.05, 0.1) is 0 Å². The maximum Gasteiger partial charge on any atom is 0.369 e. The van der Waals surface area contributed by atoms with E-state index in [4.69, 9.17) is 4.84 Å². The maximum absolute atomic E-state index is 12.7. The lowest BCUT2D eigenvalue weighted by Gasteiger charge is -2.11. The standard InChI is InChI=1S/C21H13NO6/c23-17-8-5-12(10-18(17)24)9-16-20(26)22(28-21(16)27)19(25)15-7-6-13-3-1-2-4-14(13)11-15/h1-11,23-24H/b16-9+. The van der Waals surface area contributed by atoms with E-state index in [0.717, 1.165) is 10.8 Å². The Kier molecular flexibility index (Phi) is 4.04.